The summed E-state index contributed by atoms with van der Waals surface area (Å²) in [5.74, 6) is 1.64. The molecule has 0 saturated heterocycles. The fraction of sp³-hybridized carbons (Fsp3) is 0.0256. The van der Waals surface area contributed by atoms with Crippen molar-refractivity contribution >= 4 is 54.0 Å². The number of nitrogens with zero attached hydrogens (tertiary/aromatic N) is 6. The minimum atomic E-state index is -3.83. The first-order chi connectivity index (χ1) is 24.5. The number of benzene rings is 5. The zero-order valence-electron chi connectivity index (χ0n) is 26.5. The van der Waals surface area contributed by atoms with Crippen molar-refractivity contribution in [2.75, 3.05) is 0 Å². The van der Waals surface area contributed by atoms with Gasteiger partial charge in [0.1, 0.15) is 22.6 Å². The molecule has 12 heteroatoms. The predicted molar refractivity (Wildman–Crippen MR) is 193 cm³/mol. The Morgan fingerprint density at radius 2 is 0.843 bits per heavy atom. The zero-order valence-corrected chi connectivity index (χ0v) is 28.2. The summed E-state index contributed by atoms with van der Waals surface area (Å²) in [4.78, 5) is 36.9. The van der Waals surface area contributed by atoms with Crippen molar-refractivity contribution in [3.05, 3.63) is 127 Å². The van der Waals surface area contributed by atoms with Gasteiger partial charge >= 0.3 is 0 Å². The van der Waals surface area contributed by atoms with Crippen LogP contribution in [0, 0.1) is 0 Å². The summed E-state index contributed by atoms with van der Waals surface area (Å²) in [6.07, 6.45) is 0. The molecule has 51 heavy (non-hydrogen) atoms. The Kier molecular flexibility index (Phi) is 7.14. The van der Waals surface area contributed by atoms with Gasteiger partial charge in [0.15, 0.2) is 33.1 Å². The molecule has 0 amide bonds. The van der Waals surface area contributed by atoms with Gasteiger partial charge < -0.3 is 9.97 Å². The van der Waals surface area contributed by atoms with Gasteiger partial charge in [-0.25, -0.2) is 38.3 Å². The van der Waals surface area contributed by atoms with Gasteiger partial charge in [0, 0.05) is 60.9 Å². The molecule has 0 spiro atoms. The van der Waals surface area contributed by atoms with Crippen LogP contribution < -0.4 is 0 Å². The van der Waals surface area contributed by atoms with Crippen molar-refractivity contribution < 1.29 is 25.5 Å². The monoisotopic (exact) mass is 731 g/mol. The maximum absolute atomic E-state index is 14.1. The van der Waals surface area contributed by atoms with Crippen molar-refractivity contribution in [1.82, 2.24) is 39.9 Å². The van der Waals surface area contributed by atoms with Gasteiger partial charge in [-0.1, -0.05) is 115 Å². The summed E-state index contributed by atoms with van der Waals surface area (Å²) in [6.45, 7) is 0. The average molecular weight is 732 g/mol. The summed E-state index contributed by atoms with van der Waals surface area (Å²) in [7, 11) is -3.83. The normalized spacial score (nSPS) is 12.0. The Balaban J connectivity index is 0.00000348. The van der Waals surface area contributed by atoms with E-state index < -0.39 is 9.84 Å². The molecule has 5 heterocycles. The van der Waals surface area contributed by atoms with Gasteiger partial charge in [-0.3, -0.25) is 0 Å². The number of rotatable bonds is 3. The van der Waals surface area contributed by atoms with Crippen molar-refractivity contribution in [1.29, 1.82) is 0 Å². The van der Waals surface area contributed by atoms with E-state index in [1.54, 1.807) is 12.1 Å². The molecule has 0 aliphatic carbocycles. The minimum absolute atomic E-state index is 0. The second-order valence-electron chi connectivity index (χ2n) is 12.2. The number of aromatic nitrogens is 8. The Bertz CT molecular complexity index is 2990. The van der Waals surface area contributed by atoms with E-state index in [1.165, 1.54) is 0 Å². The summed E-state index contributed by atoms with van der Waals surface area (Å²) < 4.78 is 28.3. The predicted octanol–water partition coefficient (Wildman–Crippen LogP) is 7.84. The van der Waals surface area contributed by atoms with Crippen LogP contribution in [0.4, 0.5) is 0 Å². The summed E-state index contributed by atoms with van der Waals surface area (Å²) >= 11 is 0. The van der Waals surface area contributed by atoms with E-state index in [1.807, 2.05) is 109 Å². The van der Waals surface area contributed by atoms with Crippen LogP contribution >= 0.6 is 0 Å². The zero-order chi connectivity index (χ0) is 33.4. The van der Waals surface area contributed by atoms with Crippen LogP contribution in [0.5, 0.6) is 0 Å². The molecule has 0 atom stereocenters. The average Bonchev–Trinajstić information content (AvgIpc) is 3.87. The van der Waals surface area contributed by atoms with E-state index in [-0.39, 0.29) is 27.7 Å². The van der Waals surface area contributed by atoms with Gasteiger partial charge in [-0.05, 0) is 11.6 Å². The van der Waals surface area contributed by atoms with Crippen LogP contribution in [0.1, 0.15) is 5.56 Å². The van der Waals surface area contributed by atoms with Crippen LogP contribution in [0.3, 0.4) is 0 Å². The van der Waals surface area contributed by atoms with Gasteiger partial charge in [0.05, 0.1) is 10.6 Å². The summed E-state index contributed by atoms with van der Waals surface area (Å²) in [5.41, 5.74) is 5.85. The van der Waals surface area contributed by atoms with Crippen molar-refractivity contribution in [3.63, 3.8) is 0 Å². The second kappa shape index (κ2) is 11.8. The number of nitrogens with one attached hydrogen (secondary N) is 2. The Morgan fingerprint density at radius 1 is 0.431 bits per heavy atom. The van der Waals surface area contributed by atoms with E-state index in [2.05, 4.69) is 9.97 Å². The third kappa shape index (κ3) is 5.03. The fourth-order valence-electron chi connectivity index (χ4n) is 6.79. The summed E-state index contributed by atoms with van der Waals surface area (Å²) in [6, 6.07) is 37.8. The number of aromatic amines is 2. The fourth-order valence-corrected chi connectivity index (χ4v) is 8.38. The van der Waals surface area contributed by atoms with E-state index >= 15 is 0 Å². The van der Waals surface area contributed by atoms with Crippen LogP contribution in [-0.2, 0) is 32.7 Å². The summed E-state index contributed by atoms with van der Waals surface area (Å²) in [5, 5.41) is 2.80. The van der Waals surface area contributed by atoms with Crippen LogP contribution in [0.25, 0.3) is 89.7 Å². The maximum atomic E-state index is 14.1. The van der Waals surface area contributed by atoms with Crippen molar-refractivity contribution in [3.8, 4) is 45.6 Å². The molecule has 0 fully saturated rings. The SMILES string of the molecule is O=S(=O)(Cc1ccccc1)c1cccc2c3nc4nc(nc5[nH]c(nc6nc(nc([nH]3)c12)-c1ccccc1-6)c1ccccc51)-c1ccccc1-4.[Cu]. The van der Waals surface area contributed by atoms with Crippen LogP contribution in [0.15, 0.2) is 126 Å². The first-order valence-corrected chi connectivity index (χ1v) is 17.7. The molecule has 0 unspecified atom stereocenters. The molecule has 1 radical (unpaired) electrons. The molecule has 249 valence electrons. The topological polar surface area (TPSA) is 143 Å². The maximum Gasteiger partial charge on any atom is 0.183 e. The van der Waals surface area contributed by atoms with Gasteiger partial charge in [0.2, 0.25) is 0 Å². The Labute approximate surface area is 301 Å². The van der Waals surface area contributed by atoms with E-state index in [0.29, 0.717) is 62.2 Å². The number of hydrogen-bond acceptors (Lipinski definition) is 8. The van der Waals surface area contributed by atoms with Gasteiger partial charge in [0.25, 0.3) is 0 Å². The molecule has 10 rings (SSSR count). The quantitative estimate of drug-likeness (QED) is 0.175. The molecular weight excluding hydrogens is 708 g/mol. The third-order valence-electron chi connectivity index (χ3n) is 9.08. The first kappa shape index (κ1) is 30.9. The first-order valence-electron chi connectivity index (χ1n) is 16.0. The van der Waals surface area contributed by atoms with E-state index in [0.717, 1.165) is 33.0 Å². The van der Waals surface area contributed by atoms with E-state index in [9.17, 15) is 8.42 Å². The molecule has 2 N–H and O–H groups in total. The molecule has 8 bridgehead atoms. The molecule has 2 aliphatic heterocycles. The largest absolute Gasteiger partial charge is 0.324 e. The standard InChI is InChI=1S/C39H24N8O2S.Cu/c48-50(49,21-22-11-2-1-3-12-22)30-20-10-19-29-31(30)39-46-37-28-18-9-8-17-27(28)35(44-37)42-33-24-14-5-4-13-23(24)32(40-33)41-34-25-15-6-7-16-26(25)36(43-34)45-38(29)47-39;/h1-20H,21H2,(H2,40,41,42,43,44,45,46,47);. The Morgan fingerprint density at radius 3 is 1.37 bits per heavy atom. The molecular formula is C39H24CuN8O2S. The second-order valence-corrected chi connectivity index (χ2v) is 14.1. The van der Waals surface area contributed by atoms with Crippen molar-refractivity contribution in [2.24, 2.45) is 0 Å². The number of fused-ring (bicyclic) bond motifs is 20. The molecule has 8 aromatic rings. The minimum Gasteiger partial charge on any atom is -0.324 e. The van der Waals surface area contributed by atoms with Crippen LogP contribution in [-0.4, -0.2) is 48.3 Å². The van der Waals surface area contributed by atoms with Gasteiger partial charge in [-0.15, -0.1) is 0 Å². The van der Waals surface area contributed by atoms with E-state index in [4.69, 9.17) is 29.9 Å². The molecule has 0 saturated carbocycles. The number of H-pyrrole nitrogens is 2. The number of hydrogen-bond donors (Lipinski definition) is 2. The van der Waals surface area contributed by atoms with Gasteiger partial charge in [-0.2, -0.15) is 0 Å². The third-order valence-corrected chi connectivity index (χ3v) is 10.8. The molecule has 10 nitrogen and oxygen atoms in total. The molecule has 2 aliphatic rings. The van der Waals surface area contributed by atoms with Crippen molar-refractivity contribution in [2.45, 2.75) is 10.6 Å². The molecule has 5 aromatic carbocycles. The number of sulfone groups is 1. The Hall–Kier alpha value is -6.07. The smallest absolute Gasteiger partial charge is 0.183 e. The molecule has 3 aromatic heterocycles. The van der Waals surface area contributed by atoms with Crippen LogP contribution in [0.2, 0.25) is 0 Å².